The van der Waals surface area contributed by atoms with Gasteiger partial charge in [0.25, 0.3) is 11.6 Å². The predicted molar refractivity (Wildman–Crippen MR) is 94.1 cm³/mol. The quantitative estimate of drug-likeness (QED) is 0.438. The van der Waals surface area contributed by atoms with Crippen molar-refractivity contribution in [3.05, 3.63) is 69.3 Å². The largest absolute Gasteiger partial charge is 0.416 e. The van der Waals surface area contributed by atoms with Crippen molar-refractivity contribution in [2.75, 3.05) is 5.73 Å². The summed E-state index contributed by atoms with van der Waals surface area (Å²) in [4.78, 5) is 22.8. The molecule has 0 spiro atoms. The lowest BCUT2D eigenvalue weighted by Gasteiger charge is -2.20. The molecule has 2 rings (SSSR count). The molecule has 6 nitrogen and oxygen atoms in total. The van der Waals surface area contributed by atoms with E-state index < -0.39 is 28.6 Å². The van der Waals surface area contributed by atoms with Crippen LogP contribution in [-0.4, -0.2) is 10.8 Å². The van der Waals surface area contributed by atoms with Crippen LogP contribution >= 0.6 is 0 Å². The number of benzene rings is 2. The Kier molecular flexibility index (Phi) is 6.04. The Morgan fingerprint density at radius 2 is 1.85 bits per heavy atom. The van der Waals surface area contributed by atoms with Crippen molar-refractivity contribution in [1.82, 2.24) is 5.32 Å². The lowest BCUT2D eigenvalue weighted by atomic mass is 10.00. The predicted octanol–water partition coefficient (Wildman–Crippen LogP) is 4.47. The zero-order valence-electron chi connectivity index (χ0n) is 14.4. The lowest BCUT2D eigenvalue weighted by Crippen LogP contribution is -2.29. The van der Waals surface area contributed by atoms with Gasteiger partial charge >= 0.3 is 6.18 Å². The molecule has 3 N–H and O–H groups in total. The van der Waals surface area contributed by atoms with Gasteiger partial charge in [0.1, 0.15) is 5.69 Å². The Morgan fingerprint density at radius 1 is 1.22 bits per heavy atom. The minimum atomic E-state index is -4.44. The van der Waals surface area contributed by atoms with Crippen molar-refractivity contribution in [2.24, 2.45) is 0 Å². The minimum Gasteiger partial charge on any atom is -0.393 e. The molecule has 0 aliphatic heterocycles. The van der Waals surface area contributed by atoms with Gasteiger partial charge in [-0.25, -0.2) is 0 Å². The molecular formula is C18H18F3N3O3. The topological polar surface area (TPSA) is 98.3 Å². The van der Waals surface area contributed by atoms with E-state index in [2.05, 4.69) is 5.32 Å². The second kappa shape index (κ2) is 8.07. The summed E-state index contributed by atoms with van der Waals surface area (Å²) >= 11 is 0. The van der Waals surface area contributed by atoms with Crippen LogP contribution in [0.5, 0.6) is 0 Å². The molecule has 0 saturated carbocycles. The highest BCUT2D eigenvalue weighted by atomic mass is 19.4. The van der Waals surface area contributed by atoms with Crippen LogP contribution in [0.3, 0.4) is 0 Å². The van der Waals surface area contributed by atoms with Crippen LogP contribution in [0.25, 0.3) is 0 Å². The molecule has 0 unspecified atom stereocenters. The standard InChI is InChI=1S/C18H18F3N3O3/c1-2-4-14(11-7-9-12(10-8-11)18(19,20)21)23-17(25)13-5-3-6-15(16(13)22)24(26)27/h3,5-10,14H,2,4,22H2,1H3,(H,23,25)/t14-/m0/s1. The molecule has 27 heavy (non-hydrogen) atoms. The number of hydrogen-bond donors (Lipinski definition) is 2. The first-order valence-corrected chi connectivity index (χ1v) is 8.16. The Hall–Kier alpha value is -3.10. The fourth-order valence-corrected chi connectivity index (χ4v) is 2.66. The number of nitro groups is 1. The highest BCUT2D eigenvalue weighted by Gasteiger charge is 2.30. The monoisotopic (exact) mass is 381 g/mol. The summed E-state index contributed by atoms with van der Waals surface area (Å²) in [6.45, 7) is 1.87. The van der Waals surface area contributed by atoms with E-state index >= 15 is 0 Å². The van der Waals surface area contributed by atoms with Crippen molar-refractivity contribution < 1.29 is 22.9 Å². The zero-order chi connectivity index (χ0) is 20.2. The van der Waals surface area contributed by atoms with Gasteiger partial charge in [-0.3, -0.25) is 14.9 Å². The maximum absolute atomic E-state index is 12.7. The summed E-state index contributed by atoms with van der Waals surface area (Å²) in [5.74, 6) is -0.630. The second-order valence-corrected chi connectivity index (χ2v) is 5.93. The Morgan fingerprint density at radius 3 is 2.37 bits per heavy atom. The van der Waals surface area contributed by atoms with E-state index in [9.17, 15) is 28.1 Å². The van der Waals surface area contributed by atoms with E-state index in [4.69, 9.17) is 5.73 Å². The van der Waals surface area contributed by atoms with E-state index in [1.165, 1.54) is 30.3 Å². The molecule has 0 fully saturated rings. The molecule has 9 heteroatoms. The maximum atomic E-state index is 12.7. The summed E-state index contributed by atoms with van der Waals surface area (Å²) in [6, 6.07) is 7.84. The van der Waals surface area contributed by atoms with Crippen LogP contribution in [0.2, 0.25) is 0 Å². The van der Waals surface area contributed by atoms with Crippen LogP contribution in [0.15, 0.2) is 42.5 Å². The normalized spacial score (nSPS) is 12.4. The number of halogens is 3. The van der Waals surface area contributed by atoms with Crippen molar-refractivity contribution >= 4 is 17.3 Å². The van der Waals surface area contributed by atoms with Gasteiger partial charge in [-0.05, 0) is 30.2 Å². The molecule has 0 bridgehead atoms. The number of rotatable bonds is 6. The zero-order valence-corrected chi connectivity index (χ0v) is 14.4. The third-order valence-electron chi connectivity index (χ3n) is 4.05. The number of carbonyl (C=O) groups is 1. The van der Waals surface area contributed by atoms with Crippen molar-refractivity contribution in [1.29, 1.82) is 0 Å². The van der Waals surface area contributed by atoms with Crippen molar-refractivity contribution in [2.45, 2.75) is 32.0 Å². The number of para-hydroxylation sites is 1. The maximum Gasteiger partial charge on any atom is 0.416 e. The van der Waals surface area contributed by atoms with Gasteiger partial charge in [-0.2, -0.15) is 13.2 Å². The second-order valence-electron chi connectivity index (χ2n) is 5.93. The van der Waals surface area contributed by atoms with Crippen molar-refractivity contribution in [3.8, 4) is 0 Å². The molecule has 0 aliphatic carbocycles. The molecule has 2 aromatic carbocycles. The summed E-state index contributed by atoms with van der Waals surface area (Å²) in [7, 11) is 0. The van der Waals surface area contributed by atoms with E-state index in [1.54, 1.807) is 0 Å². The summed E-state index contributed by atoms with van der Waals surface area (Å²) in [5, 5.41) is 13.7. The number of hydrogen-bond acceptors (Lipinski definition) is 4. The fourth-order valence-electron chi connectivity index (χ4n) is 2.66. The smallest absolute Gasteiger partial charge is 0.393 e. The van der Waals surface area contributed by atoms with E-state index in [0.717, 1.165) is 12.1 Å². The Bertz CT molecular complexity index is 836. The molecule has 0 aromatic heterocycles. The highest BCUT2D eigenvalue weighted by Crippen LogP contribution is 2.31. The number of carbonyl (C=O) groups excluding carboxylic acids is 1. The summed E-state index contributed by atoms with van der Waals surface area (Å²) < 4.78 is 38.1. The fraction of sp³-hybridized carbons (Fsp3) is 0.278. The number of alkyl halides is 3. The van der Waals surface area contributed by atoms with Crippen molar-refractivity contribution in [3.63, 3.8) is 0 Å². The summed E-state index contributed by atoms with van der Waals surface area (Å²) in [5.41, 5.74) is 4.73. The first-order valence-electron chi connectivity index (χ1n) is 8.16. The number of amides is 1. The minimum absolute atomic E-state index is 0.0581. The first-order chi connectivity index (χ1) is 12.6. The average Bonchev–Trinajstić information content (AvgIpc) is 2.60. The van der Waals surface area contributed by atoms with Crippen LogP contribution in [0.1, 0.15) is 47.3 Å². The number of nitrogens with zero attached hydrogens (tertiary/aromatic N) is 1. The molecule has 0 saturated heterocycles. The number of nitro benzene ring substituents is 1. The number of nitrogens with two attached hydrogens (primary N) is 1. The van der Waals surface area contributed by atoms with E-state index in [0.29, 0.717) is 18.4 Å². The molecule has 1 amide bonds. The van der Waals surface area contributed by atoms with Gasteiger partial charge in [0, 0.05) is 6.07 Å². The van der Waals surface area contributed by atoms with Gasteiger partial charge in [0.2, 0.25) is 0 Å². The van der Waals surface area contributed by atoms with Gasteiger partial charge in [-0.1, -0.05) is 31.5 Å². The molecule has 144 valence electrons. The molecular weight excluding hydrogens is 363 g/mol. The molecule has 1 atom stereocenters. The number of nitrogen functional groups attached to an aromatic ring is 1. The lowest BCUT2D eigenvalue weighted by molar-refractivity contribution is -0.383. The van der Waals surface area contributed by atoms with Gasteiger partial charge in [0.15, 0.2) is 0 Å². The van der Waals surface area contributed by atoms with Gasteiger partial charge < -0.3 is 11.1 Å². The average molecular weight is 381 g/mol. The molecule has 0 radical (unpaired) electrons. The Balaban J connectivity index is 2.27. The molecule has 0 heterocycles. The van der Waals surface area contributed by atoms with Crippen LogP contribution < -0.4 is 11.1 Å². The summed E-state index contributed by atoms with van der Waals surface area (Å²) in [6.07, 6.45) is -3.30. The third-order valence-corrected chi connectivity index (χ3v) is 4.05. The highest BCUT2D eigenvalue weighted by molar-refractivity contribution is 6.01. The van der Waals surface area contributed by atoms with Crippen LogP contribution in [0, 0.1) is 10.1 Å². The van der Waals surface area contributed by atoms with Gasteiger partial charge in [0.05, 0.1) is 22.1 Å². The number of anilines is 1. The van der Waals surface area contributed by atoms with Gasteiger partial charge in [-0.15, -0.1) is 0 Å². The third kappa shape index (κ3) is 4.75. The molecule has 2 aromatic rings. The van der Waals surface area contributed by atoms with Crippen LogP contribution in [-0.2, 0) is 6.18 Å². The molecule has 0 aliphatic rings. The van der Waals surface area contributed by atoms with Crippen LogP contribution in [0.4, 0.5) is 24.5 Å². The first kappa shape index (κ1) is 20.2. The SMILES string of the molecule is CCC[C@H](NC(=O)c1cccc([N+](=O)[O-])c1N)c1ccc(C(F)(F)F)cc1. The van der Waals surface area contributed by atoms with E-state index in [-0.39, 0.29) is 16.9 Å². The number of nitrogens with one attached hydrogen (secondary N) is 1. The Labute approximate surface area is 153 Å². The van der Waals surface area contributed by atoms with E-state index in [1.807, 2.05) is 6.92 Å².